The minimum atomic E-state index is -0.199. The SMILES string of the molecule is Cc1ccc(NC(=O)N2c3nc(-c4ccc(C=N)nc4)ccc3N3CCC2C3)cn1. The summed E-state index contributed by atoms with van der Waals surface area (Å²) in [7, 11) is 0. The minimum absolute atomic E-state index is 0.0806. The van der Waals surface area contributed by atoms with Crippen molar-refractivity contribution in [2.45, 2.75) is 19.4 Å². The Balaban J connectivity index is 1.51. The molecule has 0 aliphatic carbocycles. The average molecular weight is 399 g/mol. The van der Waals surface area contributed by atoms with Gasteiger partial charge in [0.25, 0.3) is 0 Å². The van der Waals surface area contributed by atoms with Crippen molar-refractivity contribution in [2.75, 3.05) is 28.2 Å². The number of hydrogen-bond donors (Lipinski definition) is 2. The molecule has 0 saturated carbocycles. The minimum Gasteiger partial charge on any atom is -0.366 e. The summed E-state index contributed by atoms with van der Waals surface area (Å²) in [5, 5.41) is 10.3. The first kappa shape index (κ1) is 18.2. The molecule has 1 atom stereocenters. The van der Waals surface area contributed by atoms with Crippen molar-refractivity contribution >= 4 is 29.4 Å². The van der Waals surface area contributed by atoms with E-state index in [0.29, 0.717) is 17.2 Å². The number of carbonyl (C=O) groups is 1. The summed E-state index contributed by atoms with van der Waals surface area (Å²) < 4.78 is 0. The molecular weight excluding hydrogens is 378 g/mol. The van der Waals surface area contributed by atoms with Gasteiger partial charge >= 0.3 is 6.03 Å². The Morgan fingerprint density at radius 2 is 2.07 bits per heavy atom. The van der Waals surface area contributed by atoms with Crippen molar-refractivity contribution in [1.82, 2.24) is 15.0 Å². The Kier molecular flexibility index (Phi) is 4.39. The number of rotatable bonds is 3. The summed E-state index contributed by atoms with van der Waals surface area (Å²) in [4.78, 5) is 30.6. The lowest BCUT2D eigenvalue weighted by molar-refractivity contribution is 0.255. The summed E-state index contributed by atoms with van der Waals surface area (Å²) in [5.41, 5.74) is 4.71. The summed E-state index contributed by atoms with van der Waals surface area (Å²) >= 11 is 0. The lowest BCUT2D eigenvalue weighted by Gasteiger charge is -2.35. The topological polar surface area (TPSA) is 98.1 Å². The Hall–Kier alpha value is -3.81. The van der Waals surface area contributed by atoms with Gasteiger partial charge in [-0.1, -0.05) is 0 Å². The molecule has 8 heteroatoms. The van der Waals surface area contributed by atoms with Crippen LogP contribution in [0.4, 0.5) is 22.0 Å². The van der Waals surface area contributed by atoms with E-state index < -0.39 is 0 Å². The molecule has 2 bridgehead atoms. The van der Waals surface area contributed by atoms with E-state index in [1.807, 2.05) is 37.3 Å². The molecule has 0 radical (unpaired) electrons. The van der Waals surface area contributed by atoms with E-state index in [9.17, 15) is 4.79 Å². The number of anilines is 3. The number of urea groups is 1. The van der Waals surface area contributed by atoms with Gasteiger partial charge in [0.05, 0.1) is 35.0 Å². The molecule has 8 nitrogen and oxygen atoms in total. The molecule has 2 amide bonds. The van der Waals surface area contributed by atoms with Crippen LogP contribution in [-0.4, -0.2) is 46.3 Å². The number of aromatic nitrogens is 3. The van der Waals surface area contributed by atoms with Gasteiger partial charge in [-0.2, -0.15) is 0 Å². The van der Waals surface area contributed by atoms with E-state index in [1.54, 1.807) is 23.4 Å². The number of carbonyl (C=O) groups excluding carboxylic acids is 1. The molecule has 3 aromatic heterocycles. The highest BCUT2D eigenvalue weighted by atomic mass is 16.2. The van der Waals surface area contributed by atoms with E-state index in [1.165, 1.54) is 6.21 Å². The lowest BCUT2D eigenvalue weighted by Crippen LogP contribution is -2.48. The normalized spacial score (nSPS) is 16.9. The van der Waals surface area contributed by atoms with E-state index in [2.05, 4.69) is 20.2 Å². The van der Waals surface area contributed by atoms with Gasteiger partial charge < -0.3 is 15.6 Å². The van der Waals surface area contributed by atoms with Crippen LogP contribution in [0.15, 0.2) is 48.8 Å². The van der Waals surface area contributed by atoms with Crippen LogP contribution in [0.25, 0.3) is 11.3 Å². The molecule has 0 spiro atoms. The number of fused-ring (bicyclic) bond motifs is 4. The third-order valence-electron chi connectivity index (χ3n) is 5.56. The maximum atomic E-state index is 13.2. The number of nitrogens with one attached hydrogen (secondary N) is 2. The number of nitrogens with zero attached hydrogens (tertiary/aromatic N) is 5. The monoisotopic (exact) mass is 399 g/mol. The molecular formula is C22H21N7O. The van der Waals surface area contributed by atoms with E-state index >= 15 is 0 Å². The third-order valence-corrected chi connectivity index (χ3v) is 5.56. The first-order chi connectivity index (χ1) is 14.6. The molecule has 5 rings (SSSR count). The second-order valence-electron chi connectivity index (χ2n) is 7.53. The number of pyridine rings is 3. The van der Waals surface area contributed by atoms with Crippen LogP contribution in [0, 0.1) is 12.3 Å². The molecule has 2 aliphatic heterocycles. The van der Waals surface area contributed by atoms with Crippen LogP contribution < -0.4 is 15.1 Å². The molecule has 3 aromatic rings. The highest BCUT2D eigenvalue weighted by molar-refractivity contribution is 6.04. The van der Waals surface area contributed by atoms with Gasteiger partial charge in [0.15, 0.2) is 5.82 Å². The van der Waals surface area contributed by atoms with E-state index in [0.717, 1.165) is 42.1 Å². The predicted molar refractivity (Wildman–Crippen MR) is 116 cm³/mol. The second-order valence-corrected chi connectivity index (χ2v) is 7.53. The highest BCUT2D eigenvalue weighted by Crippen LogP contribution is 2.40. The second kappa shape index (κ2) is 7.22. The summed E-state index contributed by atoms with van der Waals surface area (Å²) in [6.07, 6.45) is 5.48. The third kappa shape index (κ3) is 3.16. The van der Waals surface area contributed by atoms with Crippen LogP contribution in [0.2, 0.25) is 0 Å². The summed E-state index contributed by atoms with van der Waals surface area (Å²) in [6, 6.07) is 11.3. The van der Waals surface area contributed by atoms with Gasteiger partial charge in [0.2, 0.25) is 0 Å². The van der Waals surface area contributed by atoms with Crippen LogP contribution in [0.5, 0.6) is 0 Å². The van der Waals surface area contributed by atoms with Crippen LogP contribution in [0.3, 0.4) is 0 Å². The van der Waals surface area contributed by atoms with Crippen molar-refractivity contribution in [2.24, 2.45) is 0 Å². The zero-order valence-electron chi connectivity index (χ0n) is 16.5. The van der Waals surface area contributed by atoms with Crippen LogP contribution in [-0.2, 0) is 0 Å². The number of aryl methyl sites for hydroxylation is 1. The average Bonchev–Trinajstić information content (AvgIpc) is 3.19. The van der Waals surface area contributed by atoms with Gasteiger partial charge in [-0.05, 0) is 49.7 Å². The Morgan fingerprint density at radius 3 is 2.80 bits per heavy atom. The lowest BCUT2D eigenvalue weighted by atomic mass is 10.1. The molecule has 0 aromatic carbocycles. The van der Waals surface area contributed by atoms with Crippen molar-refractivity contribution in [3.63, 3.8) is 0 Å². The summed E-state index contributed by atoms with van der Waals surface area (Å²) in [5.74, 6) is 0.662. The Bertz CT molecular complexity index is 1110. The van der Waals surface area contributed by atoms with Crippen molar-refractivity contribution in [3.05, 3.63) is 60.2 Å². The van der Waals surface area contributed by atoms with Crippen molar-refractivity contribution in [3.8, 4) is 11.3 Å². The molecule has 5 heterocycles. The van der Waals surface area contributed by atoms with Gasteiger partial charge in [0, 0.05) is 36.8 Å². The quantitative estimate of drug-likeness (QED) is 0.657. The Labute approximate surface area is 174 Å². The van der Waals surface area contributed by atoms with Crippen LogP contribution >= 0.6 is 0 Å². The zero-order valence-corrected chi connectivity index (χ0v) is 16.5. The smallest absolute Gasteiger partial charge is 0.327 e. The molecule has 2 N–H and O–H groups in total. The first-order valence-corrected chi connectivity index (χ1v) is 9.88. The van der Waals surface area contributed by atoms with E-state index in [-0.39, 0.29) is 12.1 Å². The fraction of sp³-hybridized carbons (Fsp3) is 0.227. The molecule has 1 fully saturated rings. The predicted octanol–water partition coefficient (Wildman–Crippen LogP) is 3.48. The maximum Gasteiger partial charge on any atom is 0.327 e. The standard InChI is InChI=1S/C22H21N7O/c1-14-2-4-17(12-24-14)26-22(30)29-18-8-9-28(13-18)20-7-6-19(27-21(20)29)15-3-5-16(10-23)25-11-15/h2-7,10-12,18,23H,8-9,13H2,1H3,(H,26,30). The molecule has 1 unspecified atom stereocenters. The van der Waals surface area contributed by atoms with Crippen molar-refractivity contribution < 1.29 is 4.79 Å². The first-order valence-electron chi connectivity index (χ1n) is 9.88. The highest BCUT2D eigenvalue weighted by Gasteiger charge is 2.40. The summed E-state index contributed by atoms with van der Waals surface area (Å²) in [6.45, 7) is 3.63. The van der Waals surface area contributed by atoms with Gasteiger partial charge in [-0.3, -0.25) is 14.9 Å². The van der Waals surface area contributed by atoms with E-state index in [4.69, 9.17) is 10.4 Å². The van der Waals surface area contributed by atoms with Crippen molar-refractivity contribution in [1.29, 1.82) is 5.41 Å². The van der Waals surface area contributed by atoms with Gasteiger partial charge in [-0.15, -0.1) is 0 Å². The largest absolute Gasteiger partial charge is 0.366 e. The molecule has 30 heavy (non-hydrogen) atoms. The Morgan fingerprint density at radius 1 is 1.17 bits per heavy atom. The molecule has 1 saturated heterocycles. The number of amides is 2. The van der Waals surface area contributed by atoms with Gasteiger partial charge in [0.1, 0.15) is 0 Å². The molecule has 2 aliphatic rings. The number of hydrogen-bond acceptors (Lipinski definition) is 6. The van der Waals surface area contributed by atoms with Gasteiger partial charge in [-0.25, -0.2) is 9.78 Å². The maximum absolute atomic E-state index is 13.2. The zero-order chi connectivity index (χ0) is 20.7. The fourth-order valence-corrected chi connectivity index (χ4v) is 4.00. The molecule has 150 valence electrons. The fourth-order valence-electron chi connectivity index (χ4n) is 4.00. The van der Waals surface area contributed by atoms with Crippen LogP contribution in [0.1, 0.15) is 17.8 Å².